The van der Waals surface area contributed by atoms with Crippen LogP contribution in [0.4, 0.5) is 0 Å². The van der Waals surface area contributed by atoms with Crippen LogP contribution in [-0.2, 0) is 19.4 Å². The molecule has 1 fully saturated rings. The van der Waals surface area contributed by atoms with Gasteiger partial charge in [-0.1, -0.05) is 38.2 Å². The Morgan fingerprint density at radius 2 is 1.96 bits per heavy atom. The summed E-state index contributed by atoms with van der Waals surface area (Å²) in [6, 6.07) is 8.01. The molecule has 0 amide bonds. The van der Waals surface area contributed by atoms with Gasteiger partial charge in [0.05, 0.1) is 0 Å². The summed E-state index contributed by atoms with van der Waals surface area (Å²) in [6.45, 7) is 2.27. The Hall–Kier alpha value is -1.28. The lowest BCUT2D eigenvalue weighted by atomic mass is 9.84. The first-order valence-electron chi connectivity index (χ1n) is 9.77. The smallest absolute Gasteiger partial charge is 0.0486 e. The van der Waals surface area contributed by atoms with Crippen molar-refractivity contribution in [3.05, 3.63) is 35.0 Å². The fourth-order valence-corrected chi connectivity index (χ4v) is 5.41. The number of rotatable bonds is 2. The molecule has 122 valence electrons. The van der Waals surface area contributed by atoms with Gasteiger partial charge in [-0.05, 0) is 54.9 Å². The van der Waals surface area contributed by atoms with Gasteiger partial charge in [0, 0.05) is 35.7 Å². The van der Waals surface area contributed by atoms with Crippen LogP contribution < -0.4 is 5.32 Å². The lowest BCUT2D eigenvalue weighted by molar-refractivity contribution is 0.357. The van der Waals surface area contributed by atoms with E-state index >= 15 is 0 Å². The highest BCUT2D eigenvalue weighted by Crippen LogP contribution is 2.39. The highest BCUT2D eigenvalue weighted by atomic mass is 15.1. The largest absolute Gasteiger partial charge is 0.342 e. The maximum absolute atomic E-state index is 3.74. The summed E-state index contributed by atoms with van der Waals surface area (Å²) in [7, 11) is 0. The van der Waals surface area contributed by atoms with Crippen LogP contribution in [0.1, 0.15) is 67.8 Å². The van der Waals surface area contributed by atoms with E-state index in [2.05, 4.69) is 28.1 Å². The van der Waals surface area contributed by atoms with Crippen LogP contribution in [0.3, 0.4) is 0 Å². The van der Waals surface area contributed by atoms with E-state index in [1.807, 2.05) is 0 Å². The van der Waals surface area contributed by atoms with Crippen molar-refractivity contribution in [1.29, 1.82) is 0 Å². The molecule has 1 aromatic heterocycles. The molecule has 5 rings (SSSR count). The lowest BCUT2D eigenvalue weighted by Crippen LogP contribution is -2.35. The van der Waals surface area contributed by atoms with Gasteiger partial charge >= 0.3 is 0 Å². The molecular formula is C21H28N2. The molecule has 0 saturated heterocycles. The number of nitrogens with one attached hydrogen (secondary N) is 1. The summed E-state index contributed by atoms with van der Waals surface area (Å²) in [4.78, 5) is 0. The topological polar surface area (TPSA) is 17.0 Å². The fourth-order valence-electron chi connectivity index (χ4n) is 5.41. The minimum atomic E-state index is 0.613. The van der Waals surface area contributed by atoms with E-state index in [9.17, 15) is 0 Å². The summed E-state index contributed by atoms with van der Waals surface area (Å²) in [5.41, 5.74) is 6.36. The monoisotopic (exact) mass is 308 g/mol. The third-order valence-electron chi connectivity index (χ3n) is 6.50. The zero-order valence-electron chi connectivity index (χ0n) is 14.1. The number of aromatic nitrogens is 1. The number of aryl methyl sites for hydroxylation is 1. The summed E-state index contributed by atoms with van der Waals surface area (Å²) in [5.74, 6) is 0.934. The number of nitrogens with zero attached hydrogens (tertiary/aromatic N) is 1. The molecule has 2 heterocycles. The van der Waals surface area contributed by atoms with Crippen molar-refractivity contribution in [2.45, 2.75) is 70.4 Å². The second kappa shape index (κ2) is 5.66. The predicted octanol–water partition coefficient (Wildman–Crippen LogP) is 4.74. The van der Waals surface area contributed by atoms with E-state index in [1.54, 1.807) is 22.2 Å². The van der Waals surface area contributed by atoms with Crippen LogP contribution in [0, 0.1) is 5.92 Å². The van der Waals surface area contributed by atoms with E-state index in [0.717, 1.165) is 19.0 Å². The molecule has 0 radical (unpaired) electrons. The molecule has 1 N–H and O–H groups in total. The third kappa shape index (κ3) is 2.34. The van der Waals surface area contributed by atoms with E-state index in [1.165, 1.54) is 63.3 Å². The molecule has 0 spiro atoms. The Morgan fingerprint density at radius 3 is 2.87 bits per heavy atom. The van der Waals surface area contributed by atoms with Crippen LogP contribution in [0.2, 0.25) is 0 Å². The standard InChI is InChI=1S/C21H28N2/c1-2-5-15(6-3-1)13-16-9-10-20-18(14-16)17-7-4-8-19-21(17)23(20)12-11-22-19/h9-10,14-15,19,22H,1-8,11-13H2. The Morgan fingerprint density at radius 1 is 1.04 bits per heavy atom. The van der Waals surface area contributed by atoms with E-state index < -0.39 is 0 Å². The van der Waals surface area contributed by atoms with Gasteiger partial charge in [0.15, 0.2) is 0 Å². The zero-order valence-corrected chi connectivity index (χ0v) is 14.1. The van der Waals surface area contributed by atoms with Crippen LogP contribution in [-0.4, -0.2) is 11.1 Å². The summed E-state index contributed by atoms with van der Waals surface area (Å²) in [6.07, 6.45) is 12.5. The van der Waals surface area contributed by atoms with Crippen LogP contribution in [0.5, 0.6) is 0 Å². The number of hydrogen-bond acceptors (Lipinski definition) is 1. The number of hydrogen-bond donors (Lipinski definition) is 1. The van der Waals surface area contributed by atoms with Crippen LogP contribution >= 0.6 is 0 Å². The minimum absolute atomic E-state index is 0.613. The van der Waals surface area contributed by atoms with Crippen molar-refractivity contribution < 1.29 is 0 Å². The summed E-state index contributed by atoms with van der Waals surface area (Å²) in [5, 5.41) is 5.31. The first kappa shape index (κ1) is 14.1. The molecule has 0 bridgehead atoms. The number of fused-ring (bicyclic) bond motifs is 3. The molecule has 2 heteroatoms. The van der Waals surface area contributed by atoms with Gasteiger partial charge in [0.1, 0.15) is 0 Å². The van der Waals surface area contributed by atoms with Gasteiger partial charge in [-0.3, -0.25) is 0 Å². The number of benzene rings is 1. The maximum Gasteiger partial charge on any atom is 0.0486 e. The predicted molar refractivity (Wildman–Crippen MR) is 95.9 cm³/mol. The van der Waals surface area contributed by atoms with E-state index in [0.29, 0.717) is 6.04 Å². The first-order valence-corrected chi connectivity index (χ1v) is 9.77. The summed E-state index contributed by atoms with van der Waals surface area (Å²) < 4.78 is 2.62. The molecule has 2 aliphatic carbocycles. The Kier molecular flexibility index (Phi) is 3.47. The van der Waals surface area contributed by atoms with Gasteiger partial charge in [-0.25, -0.2) is 0 Å². The minimum Gasteiger partial charge on any atom is -0.342 e. The molecule has 2 aromatic rings. The molecule has 3 aliphatic rings. The van der Waals surface area contributed by atoms with E-state index in [4.69, 9.17) is 0 Å². The quantitative estimate of drug-likeness (QED) is 0.847. The first-order chi connectivity index (χ1) is 11.4. The molecule has 1 aliphatic heterocycles. The highest BCUT2D eigenvalue weighted by molar-refractivity contribution is 5.87. The van der Waals surface area contributed by atoms with Crippen molar-refractivity contribution >= 4 is 10.9 Å². The maximum atomic E-state index is 3.74. The Balaban J connectivity index is 1.55. The van der Waals surface area contributed by atoms with Gasteiger partial charge < -0.3 is 9.88 Å². The second-order valence-corrected chi connectivity index (χ2v) is 7.97. The zero-order chi connectivity index (χ0) is 15.2. The Labute approximate surface area is 139 Å². The van der Waals surface area contributed by atoms with Gasteiger partial charge in [-0.15, -0.1) is 0 Å². The molecule has 1 saturated carbocycles. The SMILES string of the molecule is c1cc2c(cc1CC1CCCCC1)c1c3n2CCNC3CCC1. The average Bonchev–Trinajstić information content (AvgIpc) is 2.92. The fraction of sp³-hybridized carbons (Fsp3) is 0.619. The lowest BCUT2D eigenvalue weighted by Gasteiger charge is -2.31. The summed E-state index contributed by atoms with van der Waals surface area (Å²) >= 11 is 0. The van der Waals surface area contributed by atoms with Crippen molar-refractivity contribution in [3.8, 4) is 0 Å². The van der Waals surface area contributed by atoms with E-state index in [-0.39, 0.29) is 0 Å². The highest BCUT2D eigenvalue weighted by Gasteiger charge is 2.29. The van der Waals surface area contributed by atoms with Crippen molar-refractivity contribution in [2.75, 3.05) is 6.54 Å². The van der Waals surface area contributed by atoms with Crippen molar-refractivity contribution in [2.24, 2.45) is 5.92 Å². The Bertz CT molecular complexity index is 719. The molecule has 23 heavy (non-hydrogen) atoms. The molecule has 1 unspecified atom stereocenters. The van der Waals surface area contributed by atoms with Crippen molar-refractivity contribution in [1.82, 2.24) is 9.88 Å². The average molecular weight is 308 g/mol. The van der Waals surface area contributed by atoms with Gasteiger partial charge in [0.2, 0.25) is 0 Å². The third-order valence-corrected chi connectivity index (χ3v) is 6.50. The van der Waals surface area contributed by atoms with Gasteiger partial charge in [-0.2, -0.15) is 0 Å². The molecular weight excluding hydrogens is 280 g/mol. The van der Waals surface area contributed by atoms with Crippen LogP contribution in [0.15, 0.2) is 18.2 Å². The van der Waals surface area contributed by atoms with Gasteiger partial charge in [0.25, 0.3) is 0 Å². The van der Waals surface area contributed by atoms with Crippen molar-refractivity contribution in [3.63, 3.8) is 0 Å². The van der Waals surface area contributed by atoms with Crippen LogP contribution in [0.25, 0.3) is 10.9 Å². The second-order valence-electron chi connectivity index (χ2n) is 7.97. The molecule has 2 nitrogen and oxygen atoms in total. The normalized spacial score (nSPS) is 24.8. The molecule has 1 aromatic carbocycles. The molecule has 1 atom stereocenters.